The third kappa shape index (κ3) is 3.06. The van der Waals surface area contributed by atoms with E-state index in [0.717, 1.165) is 31.5 Å². The molecule has 1 aromatic carbocycles. The lowest BCUT2D eigenvalue weighted by atomic mass is 9.89. The van der Waals surface area contributed by atoms with E-state index in [1.807, 2.05) is 7.05 Å². The summed E-state index contributed by atoms with van der Waals surface area (Å²) in [4.78, 5) is 2.21. The van der Waals surface area contributed by atoms with Gasteiger partial charge in [-0.1, -0.05) is 22.0 Å². The SMILES string of the molecule is CN1CCC(c2ccc(Br)c(C(F)(F)F)c2)CC1. The molecule has 1 aliphatic heterocycles. The van der Waals surface area contributed by atoms with Crippen LogP contribution in [0.1, 0.15) is 29.9 Å². The summed E-state index contributed by atoms with van der Waals surface area (Å²) in [5.74, 6) is 0.246. The predicted octanol–water partition coefficient (Wildman–Crippen LogP) is 4.28. The fourth-order valence-electron chi connectivity index (χ4n) is 2.36. The van der Waals surface area contributed by atoms with Crippen LogP contribution in [0.25, 0.3) is 0 Å². The van der Waals surface area contributed by atoms with E-state index in [9.17, 15) is 13.2 Å². The van der Waals surface area contributed by atoms with Crippen LogP contribution in [0.2, 0.25) is 0 Å². The summed E-state index contributed by atoms with van der Waals surface area (Å²) in [5, 5.41) is 0. The summed E-state index contributed by atoms with van der Waals surface area (Å²) in [6.07, 6.45) is -2.44. The highest BCUT2D eigenvalue weighted by atomic mass is 79.9. The van der Waals surface area contributed by atoms with Gasteiger partial charge in [0.15, 0.2) is 0 Å². The number of likely N-dealkylation sites (tertiary alicyclic amines) is 1. The van der Waals surface area contributed by atoms with Gasteiger partial charge in [-0.05, 0) is 56.6 Å². The van der Waals surface area contributed by atoms with Crippen LogP contribution < -0.4 is 0 Å². The zero-order valence-corrected chi connectivity index (χ0v) is 11.7. The zero-order chi connectivity index (χ0) is 13.3. The van der Waals surface area contributed by atoms with Crippen molar-refractivity contribution in [3.63, 3.8) is 0 Å². The minimum atomic E-state index is -4.29. The fraction of sp³-hybridized carbons (Fsp3) is 0.538. The molecule has 0 spiro atoms. The average molecular weight is 322 g/mol. The summed E-state index contributed by atoms with van der Waals surface area (Å²) in [7, 11) is 2.04. The number of piperidine rings is 1. The Hall–Kier alpha value is -0.550. The summed E-state index contributed by atoms with van der Waals surface area (Å²) in [5.41, 5.74) is 0.234. The number of hydrogen-bond donors (Lipinski definition) is 0. The second-order valence-electron chi connectivity index (χ2n) is 4.81. The van der Waals surface area contributed by atoms with Gasteiger partial charge in [-0.2, -0.15) is 13.2 Å². The molecular weight excluding hydrogens is 307 g/mol. The summed E-state index contributed by atoms with van der Waals surface area (Å²) in [6, 6.07) is 4.60. The van der Waals surface area contributed by atoms with Crippen LogP contribution in [0, 0.1) is 0 Å². The molecular formula is C13H15BrF3N. The van der Waals surface area contributed by atoms with Crippen molar-refractivity contribution in [2.24, 2.45) is 0 Å². The van der Waals surface area contributed by atoms with E-state index in [2.05, 4.69) is 20.8 Å². The number of hydrogen-bond acceptors (Lipinski definition) is 1. The molecule has 0 unspecified atom stereocenters. The van der Waals surface area contributed by atoms with Crippen molar-refractivity contribution in [3.8, 4) is 0 Å². The Kier molecular flexibility index (Phi) is 4.02. The number of benzene rings is 1. The monoisotopic (exact) mass is 321 g/mol. The van der Waals surface area contributed by atoms with Gasteiger partial charge in [-0.25, -0.2) is 0 Å². The molecule has 18 heavy (non-hydrogen) atoms. The van der Waals surface area contributed by atoms with Crippen molar-refractivity contribution in [1.82, 2.24) is 4.90 Å². The van der Waals surface area contributed by atoms with Crippen molar-refractivity contribution in [2.75, 3.05) is 20.1 Å². The normalized spacial score (nSPS) is 19.2. The van der Waals surface area contributed by atoms with Crippen molar-refractivity contribution in [2.45, 2.75) is 24.9 Å². The minimum absolute atomic E-state index is 0.117. The first-order chi connectivity index (χ1) is 8.38. The molecule has 1 saturated heterocycles. The second kappa shape index (κ2) is 5.21. The van der Waals surface area contributed by atoms with Gasteiger partial charge >= 0.3 is 6.18 Å². The third-order valence-corrected chi connectivity index (χ3v) is 4.18. The number of halogens is 4. The lowest BCUT2D eigenvalue weighted by Gasteiger charge is -2.29. The van der Waals surface area contributed by atoms with E-state index < -0.39 is 11.7 Å². The molecule has 0 bridgehead atoms. The standard InChI is InChI=1S/C13H15BrF3N/c1-18-6-4-9(5-7-18)10-2-3-12(14)11(8-10)13(15,16)17/h2-3,8-9H,4-7H2,1H3. The minimum Gasteiger partial charge on any atom is -0.306 e. The van der Waals surface area contributed by atoms with Crippen LogP contribution in [0.3, 0.4) is 0 Å². The molecule has 0 aliphatic carbocycles. The highest BCUT2D eigenvalue weighted by Crippen LogP contribution is 2.38. The van der Waals surface area contributed by atoms with Gasteiger partial charge in [0.05, 0.1) is 5.56 Å². The van der Waals surface area contributed by atoms with Gasteiger partial charge in [0.25, 0.3) is 0 Å². The molecule has 0 amide bonds. The Labute approximate surface area is 113 Å². The Morgan fingerprint density at radius 2 is 1.83 bits per heavy atom. The average Bonchev–Trinajstić information content (AvgIpc) is 2.29. The van der Waals surface area contributed by atoms with Gasteiger partial charge < -0.3 is 4.90 Å². The third-order valence-electron chi connectivity index (χ3n) is 3.49. The second-order valence-corrected chi connectivity index (χ2v) is 5.67. The highest BCUT2D eigenvalue weighted by Gasteiger charge is 2.33. The van der Waals surface area contributed by atoms with E-state index in [4.69, 9.17) is 0 Å². The van der Waals surface area contributed by atoms with Gasteiger partial charge in [0.2, 0.25) is 0 Å². The van der Waals surface area contributed by atoms with Crippen LogP contribution in [0.4, 0.5) is 13.2 Å². The Morgan fingerprint density at radius 1 is 1.22 bits per heavy atom. The maximum Gasteiger partial charge on any atom is 0.417 e. The summed E-state index contributed by atoms with van der Waals surface area (Å²) >= 11 is 2.97. The van der Waals surface area contributed by atoms with Crippen LogP contribution in [0.15, 0.2) is 22.7 Å². The largest absolute Gasteiger partial charge is 0.417 e. The number of rotatable bonds is 1. The van der Waals surface area contributed by atoms with E-state index in [1.165, 1.54) is 12.1 Å². The Morgan fingerprint density at radius 3 is 2.39 bits per heavy atom. The molecule has 1 heterocycles. The summed E-state index contributed by atoms with van der Waals surface area (Å²) in [6.45, 7) is 1.89. The molecule has 100 valence electrons. The van der Waals surface area contributed by atoms with Crippen molar-refractivity contribution >= 4 is 15.9 Å². The Bertz CT molecular complexity index is 423. The van der Waals surface area contributed by atoms with E-state index in [1.54, 1.807) is 6.07 Å². The van der Waals surface area contributed by atoms with Gasteiger partial charge in [0, 0.05) is 4.47 Å². The molecule has 2 rings (SSSR count). The van der Waals surface area contributed by atoms with Crippen LogP contribution in [-0.4, -0.2) is 25.0 Å². The predicted molar refractivity (Wildman–Crippen MR) is 68.6 cm³/mol. The quantitative estimate of drug-likeness (QED) is 0.746. The highest BCUT2D eigenvalue weighted by molar-refractivity contribution is 9.10. The number of alkyl halides is 3. The van der Waals surface area contributed by atoms with Crippen molar-refractivity contribution < 1.29 is 13.2 Å². The lowest BCUT2D eigenvalue weighted by Crippen LogP contribution is -2.29. The Balaban J connectivity index is 2.24. The molecule has 0 saturated carbocycles. The molecule has 1 aliphatic rings. The molecule has 0 N–H and O–H groups in total. The smallest absolute Gasteiger partial charge is 0.306 e. The first-order valence-corrected chi connectivity index (χ1v) is 6.72. The molecule has 1 nitrogen and oxygen atoms in total. The molecule has 1 aromatic rings. The lowest BCUT2D eigenvalue weighted by molar-refractivity contribution is -0.138. The zero-order valence-electron chi connectivity index (χ0n) is 10.1. The molecule has 0 radical (unpaired) electrons. The fourth-order valence-corrected chi connectivity index (χ4v) is 2.83. The summed E-state index contributed by atoms with van der Waals surface area (Å²) < 4.78 is 38.6. The van der Waals surface area contributed by atoms with Crippen molar-refractivity contribution in [1.29, 1.82) is 0 Å². The van der Waals surface area contributed by atoms with E-state index in [0.29, 0.717) is 0 Å². The maximum absolute atomic E-state index is 12.8. The van der Waals surface area contributed by atoms with E-state index in [-0.39, 0.29) is 10.4 Å². The first-order valence-electron chi connectivity index (χ1n) is 5.93. The van der Waals surface area contributed by atoms with E-state index >= 15 is 0 Å². The maximum atomic E-state index is 12.8. The van der Waals surface area contributed by atoms with Gasteiger partial charge in [0.1, 0.15) is 0 Å². The van der Waals surface area contributed by atoms with Crippen molar-refractivity contribution in [3.05, 3.63) is 33.8 Å². The molecule has 0 aromatic heterocycles. The molecule has 0 atom stereocenters. The van der Waals surface area contributed by atoms with Crippen LogP contribution in [-0.2, 0) is 6.18 Å². The van der Waals surface area contributed by atoms with Crippen LogP contribution >= 0.6 is 15.9 Å². The first kappa shape index (κ1) is 13.9. The van der Waals surface area contributed by atoms with Gasteiger partial charge in [-0.3, -0.25) is 0 Å². The van der Waals surface area contributed by atoms with Gasteiger partial charge in [-0.15, -0.1) is 0 Å². The topological polar surface area (TPSA) is 3.24 Å². The molecule has 1 fully saturated rings. The molecule has 5 heteroatoms. The van der Waals surface area contributed by atoms with Crippen LogP contribution in [0.5, 0.6) is 0 Å². The number of nitrogens with zero attached hydrogens (tertiary/aromatic N) is 1.